The number of methoxy groups -OCH3 is 1. The molecule has 0 unspecified atom stereocenters. The van der Waals surface area contributed by atoms with Crippen molar-refractivity contribution in [2.45, 2.75) is 64.6 Å². The van der Waals surface area contributed by atoms with Crippen molar-refractivity contribution in [3.8, 4) is 5.75 Å². The van der Waals surface area contributed by atoms with Gasteiger partial charge in [0.15, 0.2) is 0 Å². The van der Waals surface area contributed by atoms with Gasteiger partial charge >= 0.3 is 6.09 Å². The Labute approximate surface area is 133 Å². The molecule has 1 amide bonds. The molecule has 0 aliphatic carbocycles. The summed E-state index contributed by atoms with van der Waals surface area (Å²) in [7, 11) is 1.66. The molecule has 1 aromatic carbocycles. The molecule has 2 rings (SSSR count). The largest absolute Gasteiger partial charge is 0.497 e. The molecule has 1 heterocycles. The van der Waals surface area contributed by atoms with Gasteiger partial charge in [-0.2, -0.15) is 0 Å². The summed E-state index contributed by atoms with van der Waals surface area (Å²) in [5, 5.41) is 0. The van der Waals surface area contributed by atoms with Crippen LogP contribution >= 0.6 is 0 Å². The Morgan fingerprint density at radius 3 is 2.41 bits per heavy atom. The second-order valence-corrected chi connectivity index (χ2v) is 7.02. The van der Waals surface area contributed by atoms with E-state index in [0.717, 1.165) is 25.0 Å². The fourth-order valence-corrected chi connectivity index (χ4v) is 2.95. The number of ether oxygens (including phenoxy) is 2. The number of nitrogens with zero attached hydrogens (tertiary/aromatic N) is 1. The lowest BCUT2D eigenvalue weighted by Gasteiger charge is -2.31. The molecule has 0 N–H and O–H groups in total. The van der Waals surface area contributed by atoms with Crippen LogP contribution in [0.5, 0.6) is 5.75 Å². The van der Waals surface area contributed by atoms with Gasteiger partial charge in [-0.25, -0.2) is 4.79 Å². The van der Waals surface area contributed by atoms with Crippen LogP contribution in [-0.4, -0.2) is 35.8 Å². The molecule has 22 heavy (non-hydrogen) atoms. The molecule has 0 radical (unpaired) electrons. The van der Waals surface area contributed by atoms with Crippen LogP contribution in [0, 0.1) is 0 Å². The first-order valence-electron chi connectivity index (χ1n) is 7.94. The summed E-state index contributed by atoms with van der Waals surface area (Å²) in [4.78, 5) is 14.4. The third-order valence-corrected chi connectivity index (χ3v) is 4.02. The van der Waals surface area contributed by atoms with E-state index in [1.807, 2.05) is 37.8 Å². The maximum absolute atomic E-state index is 12.5. The van der Waals surface area contributed by atoms with E-state index in [9.17, 15) is 4.79 Å². The smallest absolute Gasteiger partial charge is 0.410 e. The van der Waals surface area contributed by atoms with Gasteiger partial charge in [0.2, 0.25) is 0 Å². The van der Waals surface area contributed by atoms with Gasteiger partial charge in [-0.3, -0.25) is 0 Å². The SMILES string of the molecule is COc1ccc(C[C@@H]2CC[C@H](C)N2C(=O)OC(C)(C)C)cc1. The third-order valence-electron chi connectivity index (χ3n) is 4.02. The highest BCUT2D eigenvalue weighted by Crippen LogP contribution is 2.29. The number of benzene rings is 1. The standard InChI is InChI=1S/C18H27NO3/c1-13-6-9-15(19(13)17(20)22-18(2,3)4)12-14-7-10-16(21-5)11-8-14/h7-8,10-11,13,15H,6,9,12H2,1-5H3/t13-,15-/m0/s1. The molecular formula is C18H27NO3. The predicted molar refractivity (Wildman–Crippen MR) is 87.3 cm³/mol. The Morgan fingerprint density at radius 1 is 1.23 bits per heavy atom. The lowest BCUT2D eigenvalue weighted by atomic mass is 10.0. The van der Waals surface area contributed by atoms with Gasteiger partial charge in [-0.05, 0) is 64.7 Å². The maximum Gasteiger partial charge on any atom is 0.410 e. The Bertz CT molecular complexity index is 504. The Hall–Kier alpha value is -1.71. The van der Waals surface area contributed by atoms with E-state index in [2.05, 4.69) is 19.1 Å². The summed E-state index contributed by atoms with van der Waals surface area (Å²) >= 11 is 0. The fraction of sp³-hybridized carbons (Fsp3) is 0.611. The summed E-state index contributed by atoms with van der Waals surface area (Å²) in [5.41, 5.74) is 0.762. The molecule has 1 aromatic rings. The maximum atomic E-state index is 12.5. The molecular weight excluding hydrogens is 278 g/mol. The average molecular weight is 305 g/mol. The average Bonchev–Trinajstić information content (AvgIpc) is 2.79. The number of likely N-dealkylation sites (tertiary alicyclic amines) is 1. The van der Waals surface area contributed by atoms with Gasteiger partial charge in [0.25, 0.3) is 0 Å². The van der Waals surface area contributed by atoms with Crippen LogP contribution in [0.15, 0.2) is 24.3 Å². The van der Waals surface area contributed by atoms with Gasteiger partial charge in [-0.15, -0.1) is 0 Å². The second kappa shape index (κ2) is 6.59. The summed E-state index contributed by atoms with van der Waals surface area (Å²) in [6, 6.07) is 8.50. The lowest BCUT2D eigenvalue weighted by molar-refractivity contribution is 0.0161. The molecule has 1 saturated heterocycles. The molecule has 122 valence electrons. The third kappa shape index (κ3) is 4.15. The summed E-state index contributed by atoms with van der Waals surface area (Å²) in [5.74, 6) is 0.854. The van der Waals surface area contributed by atoms with Gasteiger partial charge in [-0.1, -0.05) is 12.1 Å². The minimum Gasteiger partial charge on any atom is -0.497 e. The minimum atomic E-state index is -0.454. The van der Waals surface area contributed by atoms with E-state index in [-0.39, 0.29) is 18.2 Å². The monoisotopic (exact) mass is 305 g/mol. The Morgan fingerprint density at radius 2 is 1.86 bits per heavy atom. The zero-order valence-corrected chi connectivity index (χ0v) is 14.3. The van der Waals surface area contributed by atoms with E-state index in [1.165, 1.54) is 5.56 Å². The first-order valence-corrected chi connectivity index (χ1v) is 7.94. The van der Waals surface area contributed by atoms with Gasteiger partial charge in [0.05, 0.1) is 7.11 Å². The van der Waals surface area contributed by atoms with Crippen molar-refractivity contribution in [2.24, 2.45) is 0 Å². The highest BCUT2D eigenvalue weighted by atomic mass is 16.6. The Balaban J connectivity index is 2.06. The second-order valence-electron chi connectivity index (χ2n) is 7.02. The quantitative estimate of drug-likeness (QED) is 0.846. The topological polar surface area (TPSA) is 38.8 Å². The number of hydrogen-bond acceptors (Lipinski definition) is 3. The number of amides is 1. The number of carbonyl (C=O) groups excluding carboxylic acids is 1. The molecule has 1 fully saturated rings. The molecule has 0 bridgehead atoms. The van der Waals surface area contributed by atoms with Crippen molar-refractivity contribution in [2.75, 3.05) is 7.11 Å². The van der Waals surface area contributed by atoms with Crippen molar-refractivity contribution < 1.29 is 14.3 Å². The molecule has 1 aliphatic heterocycles. The van der Waals surface area contributed by atoms with Crippen LogP contribution in [0.4, 0.5) is 4.79 Å². The van der Waals surface area contributed by atoms with E-state index in [4.69, 9.17) is 9.47 Å². The lowest BCUT2D eigenvalue weighted by Crippen LogP contribution is -2.44. The summed E-state index contributed by atoms with van der Waals surface area (Å²) < 4.78 is 10.7. The van der Waals surface area contributed by atoms with Crippen molar-refractivity contribution in [3.05, 3.63) is 29.8 Å². The van der Waals surface area contributed by atoms with Crippen LogP contribution in [0.1, 0.15) is 46.1 Å². The fourth-order valence-electron chi connectivity index (χ4n) is 2.95. The summed E-state index contributed by atoms with van der Waals surface area (Å²) in [6.07, 6.45) is 2.70. The van der Waals surface area contributed by atoms with Gasteiger partial charge in [0.1, 0.15) is 11.4 Å². The number of carbonyl (C=O) groups is 1. The normalized spacial score (nSPS) is 21.8. The van der Waals surface area contributed by atoms with Crippen LogP contribution < -0.4 is 4.74 Å². The van der Waals surface area contributed by atoms with E-state index >= 15 is 0 Å². The summed E-state index contributed by atoms with van der Waals surface area (Å²) in [6.45, 7) is 7.82. The van der Waals surface area contributed by atoms with Crippen LogP contribution in [-0.2, 0) is 11.2 Å². The van der Waals surface area contributed by atoms with Crippen LogP contribution in [0.25, 0.3) is 0 Å². The molecule has 1 aliphatic rings. The molecule has 4 nitrogen and oxygen atoms in total. The minimum absolute atomic E-state index is 0.198. The van der Waals surface area contributed by atoms with Crippen LogP contribution in [0.2, 0.25) is 0 Å². The van der Waals surface area contributed by atoms with E-state index in [0.29, 0.717) is 0 Å². The molecule has 4 heteroatoms. The first kappa shape index (κ1) is 16.7. The van der Waals surface area contributed by atoms with Crippen molar-refractivity contribution in [3.63, 3.8) is 0 Å². The molecule has 2 atom stereocenters. The van der Waals surface area contributed by atoms with E-state index in [1.54, 1.807) is 7.11 Å². The van der Waals surface area contributed by atoms with E-state index < -0.39 is 5.60 Å². The van der Waals surface area contributed by atoms with Gasteiger partial charge < -0.3 is 14.4 Å². The van der Waals surface area contributed by atoms with Crippen LogP contribution in [0.3, 0.4) is 0 Å². The predicted octanol–water partition coefficient (Wildman–Crippen LogP) is 4.03. The molecule has 0 aromatic heterocycles. The first-order chi connectivity index (χ1) is 10.3. The van der Waals surface area contributed by atoms with Gasteiger partial charge in [0, 0.05) is 12.1 Å². The number of rotatable bonds is 3. The van der Waals surface area contributed by atoms with Crippen molar-refractivity contribution in [1.29, 1.82) is 0 Å². The van der Waals surface area contributed by atoms with Crippen molar-refractivity contribution in [1.82, 2.24) is 4.90 Å². The molecule has 0 spiro atoms. The Kier molecular flexibility index (Phi) is 4.99. The zero-order chi connectivity index (χ0) is 16.3. The van der Waals surface area contributed by atoms with Crippen molar-refractivity contribution >= 4 is 6.09 Å². The highest BCUT2D eigenvalue weighted by molar-refractivity contribution is 5.69. The molecule has 0 saturated carbocycles. The highest BCUT2D eigenvalue weighted by Gasteiger charge is 2.36. The zero-order valence-electron chi connectivity index (χ0n) is 14.3. The number of hydrogen-bond donors (Lipinski definition) is 0.